The molecule has 2 aromatic rings. The van der Waals surface area contributed by atoms with E-state index in [1.807, 2.05) is 18.2 Å². The molecule has 1 aliphatic carbocycles. The quantitative estimate of drug-likeness (QED) is 0.684. The van der Waals surface area contributed by atoms with Gasteiger partial charge in [0.1, 0.15) is 11.5 Å². The van der Waals surface area contributed by atoms with Crippen LogP contribution in [0.25, 0.3) is 0 Å². The number of nitrogens with one attached hydrogen (secondary N) is 1. The van der Waals surface area contributed by atoms with E-state index in [2.05, 4.69) is 19.2 Å². The number of carbonyl (C=O) groups is 1. The lowest BCUT2D eigenvalue weighted by atomic mass is 9.54. The second kappa shape index (κ2) is 7.00. The zero-order valence-corrected chi connectivity index (χ0v) is 16.9. The van der Waals surface area contributed by atoms with E-state index < -0.39 is 0 Å². The number of amides is 1. The van der Waals surface area contributed by atoms with E-state index in [-0.39, 0.29) is 46.6 Å². The van der Waals surface area contributed by atoms with Crippen molar-refractivity contribution in [2.45, 2.75) is 51.0 Å². The van der Waals surface area contributed by atoms with Crippen LogP contribution < -0.4 is 5.32 Å². The number of aromatic hydroxyl groups is 2. The molecule has 0 aromatic heterocycles. The predicted molar refractivity (Wildman–Crippen MR) is 110 cm³/mol. The van der Waals surface area contributed by atoms with Crippen molar-refractivity contribution >= 4 is 17.5 Å². The third-order valence-electron chi connectivity index (χ3n) is 7.00. The summed E-state index contributed by atoms with van der Waals surface area (Å²) in [5.41, 5.74) is 1.74. The lowest BCUT2D eigenvalue weighted by molar-refractivity contribution is -0.131. The van der Waals surface area contributed by atoms with Gasteiger partial charge in [0.15, 0.2) is 0 Å². The van der Waals surface area contributed by atoms with Crippen molar-refractivity contribution < 1.29 is 15.0 Å². The van der Waals surface area contributed by atoms with Gasteiger partial charge < -0.3 is 15.5 Å². The Morgan fingerprint density at radius 2 is 1.82 bits per heavy atom. The zero-order valence-electron chi connectivity index (χ0n) is 16.2. The summed E-state index contributed by atoms with van der Waals surface area (Å²) < 4.78 is 0. The van der Waals surface area contributed by atoms with Gasteiger partial charge in [-0.25, -0.2) is 0 Å². The number of rotatable bonds is 3. The molecule has 2 aliphatic rings. The van der Waals surface area contributed by atoms with Crippen molar-refractivity contribution in [3.05, 3.63) is 58.6 Å². The van der Waals surface area contributed by atoms with Crippen LogP contribution in [0, 0.1) is 11.3 Å². The summed E-state index contributed by atoms with van der Waals surface area (Å²) in [5, 5.41) is 23.3. The Kier molecular flexibility index (Phi) is 4.78. The van der Waals surface area contributed by atoms with Crippen molar-refractivity contribution in [2.24, 2.45) is 11.3 Å². The largest absolute Gasteiger partial charge is 0.508 e. The van der Waals surface area contributed by atoms with Crippen molar-refractivity contribution in [1.29, 1.82) is 0 Å². The Morgan fingerprint density at radius 3 is 2.46 bits per heavy atom. The molecule has 1 aliphatic heterocycles. The monoisotopic (exact) mass is 399 g/mol. The van der Waals surface area contributed by atoms with Crippen molar-refractivity contribution in [1.82, 2.24) is 5.32 Å². The van der Waals surface area contributed by atoms with Crippen molar-refractivity contribution in [3.63, 3.8) is 0 Å². The molecular formula is C23H26ClNO3. The van der Waals surface area contributed by atoms with Crippen LogP contribution in [0.5, 0.6) is 11.5 Å². The lowest BCUT2D eigenvalue weighted by Crippen LogP contribution is -2.43. The number of fused-ring (bicyclic) bond motifs is 1. The zero-order chi connectivity index (χ0) is 20.1. The first-order valence-corrected chi connectivity index (χ1v) is 10.3. The van der Waals surface area contributed by atoms with Crippen LogP contribution in [0.1, 0.15) is 56.1 Å². The fourth-order valence-electron chi connectivity index (χ4n) is 5.72. The van der Waals surface area contributed by atoms with E-state index in [0.29, 0.717) is 5.02 Å². The summed E-state index contributed by atoms with van der Waals surface area (Å²) in [6.07, 6.45) is 2.47. The van der Waals surface area contributed by atoms with Gasteiger partial charge in [-0.1, -0.05) is 36.7 Å². The Balaban J connectivity index is 1.87. The van der Waals surface area contributed by atoms with E-state index >= 15 is 0 Å². The average molecular weight is 400 g/mol. The smallest absolute Gasteiger partial charge is 0.226 e. The van der Waals surface area contributed by atoms with Gasteiger partial charge in [-0.2, -0.15) is 0 Å². The second-order valence-electron chi connectivity index (χ2n) is 8.27. The van der Waals surface area contributed by atoms with Crippen LogP contribution in [0.3, 0.4) is 0 Å². The third-order valence-corrected chi connectivity index (χ3v) is 7.33. The highest BCUT2D eigenvalue weighted by molar-refractivity contribution is 6.31. The lowest BCUT2D eigenvalue weighted by Gasteiger charge is -2.47. The highest BCUT2D eigenvalue weighted by atomic mass is 35.5. The molecule has 3 N–H and O–H groups in total. The molecule has 5 atom stereocenters. The SMILES string of the molecule is CC[C@@]12CC[C@@H](c3ccc(O)cc3Cl)[C@H](c3ccc(O)cc3)[C@@H]1[C@@H](C)NC2=O. The molecule has 0 radical (unpaired) electrons. The molecule has 1 heterocycles. The Hall–Kier alpha value is -2.20. The number of phenols is 2. The molecule has 4 nitrogen and oxygen atoms in total. The summed E-state index contributed by atoms with van der Waals surface area (Å²) in [6, 6.07) is 12.6. The Morgan fingerprint density at radius 1 is 1.14 bits per heavy atom. The molecule has 148 valence electrons. The van der Waals surface area contributed by atoms with Gasteiger partial charge in [0.2, 0.25) is 5.91 Å². The molecule has 1 amide bonds. The summed E-state index contributed by atoms with van der Waals surface area (Å²) >= 11 is 6.53. The Labute approximate surface area is 170 Å². The molecule has 2 fully saturated rings. The molecule has 1 saturated carbocycles. The maximum absolute atomic E-state index is 12.9. The van der Waals surface area contributed by atoms with Crippen LogP contribution in [0.2, 0.25) is 5.02 Å². The van der Waals surface area contributed by atoms with E-state index in [1.165, 1.54) is 0 Å². The standard InChI is InChI=1S/C23H26ClNO3/c1-3-23-11-10-18(17-9-8-16(27)12-19(17)24)20(14-4-6-15(26)7-5-14)21(23)13(2)25-22(23)28/h4-9,12-13,18,20-21,26-27H,3,10-11H2,1-2H3,(H,25,28)/t13-,18+,20+,21+,23-/m1/s1. The number of benzene rings is 2. The predicted octanol–water partition coefficient (Wildman–Crippen LogP) is 4.94. The van der Waals surface area contributed by atoms with Gasteiger partial charge in [-0.05, 0) is 73.4 Å². The van der Waals surface area contributed by atoms with E-state index in [1.54, 1.807) is 24.3 Å². The molecule has 4 rings (SSSR count). The van der Waals surface area contributed by atoms with Gasteiger partial charge >= 0.3 is 0 Å². The summed E-state index contributed by atoms with van der Waals surface area (Å²) in [6.45, 7) is 4.19. The van der Waals surface area contributed by atoms with Gasteiger partial charge in [-0.15, -0.1) is 0 Å². The summed E-state index contributed by atoms with van der Waals surface area (Å²) in [4.78, 5) is 12.9. The number of halogens is 1. The van der Waals surface area contributed by atoms with Crippen LogP contribution in [-0.2, 0) is 4.79 Å². The summed E-state index contributed by atoms with van der Waals surface area (Å²) in [7, 11) is 0. The minimum Gasteiger partial charge on any atom is -0.508 e. The number of phenolic OH excluding ortho intramolecular Hbond substituents is 2. The van der Waals surface area contributed by atoms with Gasteiger partial charge in [0.25, 0.3) is 0 Å². The number of hydrogen-bond acceptors (Lipinski definition) is 3. The fraction of sp³-hybridized carbons (Fsp3) is 0.435. The molecule has 0 unspecified atom stereocenters. The van der Waals surface area contributed by atoms with Crippen LogP contribution >= 0.6 is 11.6 Å². The molecule has 1 saturated heterocycles. The first kappa shape index (κ1) is 19.1. The molecule has 28 heavy (non-hydrogen) atoms. The minimum absolute atomic E-state index is 0.0601. The maximum atomic E-state index is 12.9. The third kappa shape index (κ3) is 2.86. The first-order chi connectivity index (χ1) is 13.4. The van der Waals surface area contributed by atoms with E-state index in [9.17, 15) is 15.0 Å². The van der Waals surface area contributed by atoms with E-state index in [4.69, 9.17) is 11.6 Å². The van der Waals surface area contributed by atoms with E-state index in [0.717, 1.165) is 30.4 Å². The van der Waals surface area contributed by atoms with Crippen LogP contribution in [0.4, 0.5) is 0 Å². The molecule has 2 aromatic carbocycles. The number of hydrogen-bond donors (Lipinski definition) is 3. The Bertz CT molecular complexity index is 897. The molecular weight excluding hydrogens is 374 g/mol. The minimum atomic E-state index is -0.373. The van der Waals surface area contributed by atoms with Crippen LogP contribution in [0.15, 0.2) is 42.5 Å². The van der Waals surface area contributed by atoms with Crippen molar-refractivity contribution in [2.75, 3.05) is 0 Å². The normalized spacial score (nSPS) is 32.0. The maximum Gasteiger partial charge on any atom is 0.226 e. The van der Waals surface area contributed by atoms with Gasteiger partial charge in [0, 0.05) is 17.0 Å². The van der Waals surface area contributed by atoms with Gasteiger partial charge in [0.05, 0.1) is 5.41 Å². The first-order valence-electron chi connectivity index (χ1n) is 9.95. The molecule has 0 spiro atoms. The number of carbonyl (C=O) groups excluding carboxylic acids is 1. The highest BCUT2D eigenvalue weighted by Crippen LogP contribution is 2.60. The van der Waals surface area contributed by atoms with Gasteiger partial charge in [-0.3, -0.25) is 4.79 Å². The molecule has 5 heteroatoms. The average Bonchev–Trinajstić information content (AvgIpc) is 2.93. The fourth-order valence-corrected chi connectivity index (χ4v) is 6.04. The topological polar surface area (TPSA) is 69.6 Å². The highest BCUT2D eigenvalue weighted by Gasteiger charge is 2.59. The van der Waals surface area contributed by atoms with Crippen molar-refractivity contribution in [3.8, 4) is 11.5 Å². The second-order valence-corrected chi connectivity index (χ2v) is 8.67. The summed E-state index contributed by atoms with van der Waals surface area (Å²) in [5.74, 6) is 0.904. The molecule has 0 bridgehead atoms. The van der Waals surface area contributed by atoms with Crippen LogP contribution in [-0.4, -0.2) is 22.2 Å².